The summed E-state index contributed by atoms with van der Waals surface area (Å²) in [7, 11) is -2.89. The summed E-state index contributed by atoms with van der Waals surface area (Å²) in [6, 6.07) is 15.3. The van der Waals surface area contributed by atoms with Crippen molar-refractivity contribution in [3.05, 3.63) is 71.4 Å². The molecule has 0 atom stereocenters. The van der Waals surface area contributed by atoms with Gasteiger partial charge in [-0.15, -0.1) is 0 Å². The Kier molecular flexibility index (Phi) is 5.08. The van der Waals surface area contributed by atoms with Crippen LogP contribution in [0.25, 0.3) is 22.6 Å². The van der Waals surface area contributed by atoms with Gasteiger partial charge in [-0.25, -0.2) is 8.42 Å². The van der Waals surface area contributed by atoms with Gasteiger partial charge in [0.1, 0.15) is 12.4 Å². The number of allylic oxidation sites excluding steroid dienone is 1. The Morgan fingerprint density at radius 2 is 1.84 bits per heavy atom. The van der Waals surface area contributed by atoms with Crippen LogP contribution in [0, 0.1) is 0 Å². The van der Waals surface area contributed by atoms with E-state index in [0.717, 1.165) is 22.0 Å². The molecular formula is C24H22N2O4S. The van der Waals surface area contributed by atoms with Gasteiger partial charge in [-0.2, -0.15) is 0 Å². The predicted molar refractivity (Wildman–Crippen MR) is 121 cm³/mol. The second-order valence-electron chi connectivity index (χ2n) is 7.86. The zero-order valence-corrected chi connectivity index (χ0v) is 17.8. The first-order valence-corrected chi connectivity index (χ1v) is 12.1. The number of benzene rings is 2. The largest absolute Gasteiger partial charge is 0.492 e. The molecule has 2 aliphatic rings. The number of fused-ring (bicyclic) bond motifs is 2. The van der Waals surface area contributed by atoms with Crippen molar-refractivity contribution in [2.24, 2.45) is 0 Å². The van der Waals surface area contributed by atoms with Crippen LogP contribution in [0.15, 0.2) is 54.7 Å². The van der Waals surface area contributed by atoms with Crippen molar-refractivity contribution >= 4 is 38.2 Å². The maximum absolute atomic E-state index is 13.1. The number of pyridine rings is 1. The van der Waals surface area contributed by atoms with Crippen molar-refractivity contribution in [1.82, 2.24) is 9.88 Å². The van der Waals surface area contributed by atoms with Gasteiger partial charge in [0.25, 0.3) is 0 Å². The summed E-state index contributed by atoms with van der Waals surface area (Å²) >= 11 is 0. The van der Waals surface area contributed by atoms with Crippen molar-refractivity contribution in [3.63, 3.8) is 0 Å². The number of ketones is 1. The number of ether oxygens (including phenoxy) is 1. The van der Waals surface area contributed by atoms with Crippen LogP contribution in [-0.2, 0) is 9.84 Å². The fourth-order valence-electron chi connectivity index (χ4n) is 4.06. The predicted octanol–water partition coefficient (Wildman–Crippen LogP) is 3.08. The molecule has 158 valence electrons. The van der Waals surface area contributed by atoms with Crippen LogP contribution in [-0.4, -0.2) is 61.8 Å². The number of hydrogen-bond donors (Lipinski definition) is 0. The second kappa shape index (κ2) is 7.90. The molecule has 0 N–H and O–H groups in total. The molecule has 0 spiro atoms. The number of carbonyl (C=O) groups is 1. The number of carbonyl (C=O) groups excluding carboxylic acids is 1. The Labute approximate surface area is 181 Å². The summed E-state index contributed by atoms with van der Waals surface area (Å²) in [5, 5.41) is 0.990. The molecule has 0 unspecified atom stereocenters. The van der Waals surface area contributed by atoms with Crippen molar-refractivity contribution in [2.75, 3.05) is 37.7 Å². The van der Waals surface area contributed by atoms with E-state index < -0.39 is 9.84 Å². The van der Waals surface area contributed by atoms with Gasteiger partial charge < -0.3 is 4.74 Å². The third-order valence-corrected chi connectivity index (χ3v) is 7.46. The third kappa shape index (κ3) is 3.98. The van der Waals surface area contributed by atoms with Gasteiger partial charge in [0.05, 0.1) is 17.0 Å². The summed E-state index contributed by atoms with van der Waals surface area (Å²) < 4.78 is 29.1. The van der Waals surface area contributed by atoms with Crippen molar-refractivity contribution in [1.29, 1.82) is 0 Å². The summed E-state index contributed by atoms with van der Waals surface area (Å²) in [5.74, 6) is 1.04. The van der Waals surface area contributed by atoms with Crippen LogP contribution in [0.1, 0.15) is 21.5 Å². The highest BCUT2D eigenvalue weighted by Crippen LogP contribution is 2.37. The Hall–Kier alpha value is -3.03. The minimum absolute atomic E-state index is 0.0289. The topological polar surface area (TPSA) is 76.6 Å². The molecule has 3 aromatic rings. The number of aromatic nitrogens is 1. The van der Waals surface area contributed by atoms with E-state index in [9.17, 15) is 13.2 Å². The minimum Gasteiger partial charge on any atom is -0.492 e. The van der Waals surface area contributed by atoms with Gasteiger partial charge in [-0.1, -0.05) is 30.3 Å². The van der Waals surface area contributed by atoms with Crippen LogP contribution in [0.5, 0.6) is 5.75 Å². The highest BCUT2D eigenvalue weighted by molar-refractivity contribution is 7.91. The average molecular weight is 435 g/mol. The minimum atomic E-state index is -2.89. The van der Waals surface area contributed by atoms with E-state index in [1.807, 2.05) is 54.6 Å². The molecule has 1 aliphatic heterocycles. The molecule has 6 nitrogen and oxygen atoms in total. The summed E-state index contributed by atoms with van der Waals surface area (Å²) in [4.78, 5) is 19.6. The second-order valence-corrected chi connectivity index (χ2v) is 10.2. The van der Waals surface area contributed by atoms with E-state index >= 15 is 0 Å². The normalized spacial score (nSPS) is 18.1. The maximum Gasteiger partial charge on any atom is 0.194 e. The summed E-state index contributed by atoms with van der Waals surface area (Å²) in [6.45, 7) is 2.16. The number of hydrogen-bond acceptors (Lipinski definition) is 6. The molecular weight excluding hydrogens is 412 g/mol. The van der Waals surface area contributed by atoms with Gasteiger partial charge in [0, 0.05) is 53.5 Å². The van der Waals surface area contributed by atoms with E-state index in [2.05, 4.69) is 9.88 Å². The monoisotopic (exact) mass is 434 g/mol. The van der Waals surface area contributed by atoms with Gasteiger partial charge in [0.2, 0.25) is 0 Å². The van der Waals surface area contributed by atoms with Crippen LogP contribution in [0.2, 0.25) is 0 Å². The van der Waals surface area contributed by atoms with Crippen LogP contribution >= 0.6 is 0 Å². The van der Waals surface area contributed by atoms with E-state index in [1.54, 1.807) is 6.20 Å². The molecule has 1 saturated heterocycles. The lowest BCUT2D eigenvalue weighted by Gasteiger charge is -2.26. The van der Waals surface area contributed by atoms with E-state index in [0.29, 0.717) is 43.1 Å². The lowest BCUT2D eigenvalue weighted by molar-refractivity contribution is 0.105. The number of sulfone groups is 1. The SMILES string of the molecule is O=C1C(c2cnc3ccccc3c2)=Cc2c(OCCN3CCS(=O)(=O)CC3)cccc21. The highest BCUT2D eigenvalue weighted by Gasteiger charge is 2.27. The molecule has 31 heavy (non-hydrogen) atoms. The van der Waals surface area contributed by atoms with E-state index in [-0.39, 0.29) is 17.3 Å². The lowest BCUT2D eigenvalue weighted by Crippen LogP contribution is -2.42. The quantitative estimate of drug-likeness (QED) is 0.614. The Bertz CT molecular complexity index is 1300. The van der Waals surface area contributed by atoms with Gasteiger partial charge in [-0.3, -0.25) is 14.7 Å². The Balaban J connectivity index is 1.34. The number of Topliss-reactive ketones (excluding diaryl/α,β-unsaturated/α-hetero) is 1. The highest BCUT2D eigenvalue weighted by atomic mass is 32.2. The number of nitrogens with zero attached hydrogens (tertiary/aromatic N) is 2. The van der Waals surface area contributed by atoms with E-state index in [1.165, 1.54) is 0 Å². The van der Waals surface area contributed by atoms with Crippen molar-refractivity contribution in [2.45, 2.75) is 0 Å². The smallest absolute Gasteiger partial charge is 0.194 e. The average Bonchev–Trinajstić information content (AvgIpc) is 3.12. The maximum atomic E-state index is 13.1. The fourth-order valence-corrected chi connectivity index (χ4v) is 5.34. The first-order valence-electron chi connectivity index (χ1n) is 10.3. The molecule has 7 heteroatoms. The molecule has 2 heterocycles. The molecule has 2 aromatic carbocycles. The zero-order valence-electron chi connectivity index (χ0n) is 17.0. The Morgan fingerprint density at radius 3 is 2.68 bits per heavy atom. The molecule has 1 aliphatic carbocycles. The van der Waals surface area contributed by atoms with Crippen LogP contribution in [0.4, 0.5) is 0 Å². The van der Waals surface area contributed by atoms with Gasteiger partial charge in [-0.05, 0) is 24.3 Å². The zero-order chi connectivity index (χ0) is 21.4. The number of para-hydroxylation sites is 1. The van der Waals surface area contributed by atoms with Crippen molar-refractivity contribution in [3.8, 4) is 5.75 Å². The van der Waals surface area contributed by atoms with Crippen molar-refractivity contribution < 1.29 is 17.9 Å². The molecule has 1 aromatic heterocycles. The first-order chi connectivity index (χ1) is 15.0. The first kappa shape index (κ1) is 19.9. The van der Waals surface area contributed by atoms with Crippen LogP contribution in [0.3, 0.4) is 0 Å². The van der Waals surface area contributed by atoms with Crippen LogP contribution < -0.4 is 4.74 Å². The standard InChI is InChI=1S/C24H22N2O4S/c27-24-19-5-3-7-23(30-11-8-26-9-12-31(28,29)13-10-26)21(19)15-20(24)18-14-17-4-1-2-6-22(17)25-16-18/h1-7,14-16H,8-13H2. The molecule has 0 amide bonds. The Morgan fingerprint density at radius 1 is 1.03 bits per heavy atom. The molecule has 0 saturated carbocycles. The molecule has 0 bridgehead atoms. The molecule has 0 radical (unpaired) electrons. The summed E-state index contributed by atoms with van der Waals surface area (Å²) in [5.41, 5.74) is 3.72. The van der Waals surface area contributed by atoms with Gasteiger partial charge in [0.15, 0.2) is 15.6 Å². The molecule has 1 fully saturated rings. The van der Waals surface area contributed by atoms with E-state index in [4.69, 9.17) is 4.74 Å². The molecule has 5 rings (SSSR count). The van der Waals surface area contributed by atoms with Gasteiger partial charge >= 0.3 is 0 Å². The summed E-state index contributed by atoms with van der Waals surface area (Å²) in [6.07, 6.45) is 3.62. The third-order valence-electron chi connectivity index (χ3n) is 5.85. The number of rotatable bonds is 5. The fraction of sp³-hybridized carbons (Fsp3) is 0.250. The lowest BCUT2D eigenvalue weighted by atomic mass is 10.0.